The molecule has 0 bridgehead atoms. The molecule has 1 fully saturated rings. The number of nitriles is 1. The summed E-state index contributed by atoms with van der Waals surface area (Å²) in [6.45, 7) is 2.28. The molecule has 1 aromatic rings. The van der Waals surface area contributed by atoms with Crippen molar-refractivity contribution in [3.05, 3.63) is 35.1 Å². The Morgan fingerprint density at radius 1 is 1.22 bits per heavy atom. The van der Waals surface area contributed by atoms with Crippen LogP contribution in [0.5, 0.6) is 0 Å². The summed E-state index contributed by atoms with van der Waals surface area (Å²) in [6.07, 6.45) is 4.77. The van der Waals surface area contributed by atoms with Gasteiger partial charge >= 0.3 is 0 Å². The highest BCUT2D eigenvalue weighted by molar-refractivity contribution is 5.41. The number of halogens is 1. The molecule has 2 heteroatoms. The minimum absolute atomic E-state index is 0.0760. The molecule has 18 heavy (non-hydrogen) atoms. The van der Waals surface area contributed by atoms with Crippen molar-refractivity contribution >= 4 is 0 Å². The summed E-state index contributed by atoms with van der Waals surface area (Å²) in [5, 5.41) is 8.64. The second kappa shape index (κ2) is 5.69. The fourth-order valence-electron chi connectivity index (χ4n) is 2.27. The molecule has 0 amide bonds. The summed E-state index contributed by atoms with van der Waals surface area (Å²) in [6, 6.07) is 6.35. The number of rotatable bonds is 0. The van der Waals surface area contributed by atoms with Gasteiger partial charge in [-0.15, -0.1) is 0 Å². The molecule has 1 aromatic carbocycles. The van der Waals surface area contributed by atoms with Crippen LogP contribution in [0.25, 0.3) is 0 Å². The van der Waals surface area contributed by atoms with Crippen molar-refractivity contribution in [2.75, 3.05) is 0 Å². The number of nitrogens with zero attached hydrogens (tertiary/aromatic N) is 1. The molecule has 0 aliphatic heterocycles. The van der Waals surface area contributed by atoms with Crippen LogP contribution >= 0.6 is 0 Å². The lowest BCUT2D eigenvalue weighted by atomic mass is 9.83. The molecule has 1 aliphatic carbocycles. The summed E-state index contributed by atoms with van der Waals surface area (Å²) < 4.78 is 13.4. The van der Waals surface area contributed by atoms with E-state index in [9.17, 15) is 4.39 Å². The minimum Gasteiger partial charge on any atom is -0.206 e. The van der Waals surface area contributed by atoms with Crippen molar-refractivity contribution in [3.63, 3.8) is 0 Å². The van der Waals surface area contributed by atoms with Gasteiger partial charge in [0.2, 0.25) is 0 Å². The van der Waals surface area contributed by atoms with E-state index in [-0.39, 0.29) is 5.56 Å². The molecule has 1 aliphatic rings. The van der Waals surface area contributed by atoms with E-state index in [1.165, 1.54) is 25.0 Å². The SMILES string of the molecule is CC1CCC(C#Cc2ccc(C#N)c(F)c2)CC1. The molecule has 2 rings (SSSR count). The Morgan fingerprint density at radius 3 is 2.56 bits per heavy atom. The molecule has 0 aromatic heterocycles. The largest absolute Gasteiger partial charge is 0.206 e. The van der Waals surface area contributed by atoms with Crippen LogP contribution in [0.4, 0.5) is 4.39 Å². The maximum absolute atomic E-state index is 13.4. The number of benzene rings is 1. The Labute approximate surface area is 108 Å². The van der Waals surface area contributed by atoms with Crippen molar-refractivity contribution in [2.24, 2.45) is 11.8 Å². The molecular weight excluding hydrogens is 225 g/mol. The van der Waals surface area contributed by atoms with Gasteiger partial charge in [0, 0.05) is 11.5 Å². The van der Waals surface area contributed by atoms with E-state index in [1.807, 2.05) is 6.07 Å². The monoisotopic (exact) mass is 241 g/mol. The molecule has 0 radical (unpaired) electrons. The first-order chi connectivity index (χ1) is 8.69. The maximum atomic E-state index is 13.4. The quantitative estimate of drug-likeness (QED) is 0.632. The highest BCUT2D eigenvalue weighted by atomic mass is 19.1. The van der Waals surface area contributed by atoms with Gasteiger partial charge in [-0.2, -0.15) is 5.26 Å². The smallest absolute Gasteiger partial charge is 0.142 e. The van der Waals surface area contributed by atoms with Crippen LogP contribution in [0.15, 0.2) is 18.2 Å². The van der Waals surface area contributed by atoms with Crippen molar-refractivity contribution in [3.8, 4) is 17.9 Å². The van der Waals surface area contributed by atoms with Crippen molar-refractivity contribution in [1.82, 2.24) is 0 Å². The summed E-state index contributed by atoms with van der Waals surface area (Å²) in [5.74, 6) is 7.02. The molecule has 0 N–H and O–H groups in total. The van der Waals surface area contributed by atoms with Crippen molar-refractivity contribution in [2.45, 2.75) is 32.6 Å². The van der Waals surface area contributed by atoms with Gasteiger partial charge in [0.15, 0.2) is 0 Å². The normalized spacial score (nSPS) is 22.7. The van der Waals surface area contributed by atoms with Crippen LogP contribution in [0.3, 0.4) is 0 Å². The molecule has 0 saturated heterocycles. The predicted octanol–water partition coefficient (Wildman–Crippen LogP) is 3.88. The third kappa shape index (κ3) is 3.11. The first-order valence-electron chi connectivity index (χ1n) is 6.40. The Kier molecular flexibility index (Phi) is 4.00. The fraction of sp³-hybridized carbons (Fsp3) is 0.438. The van der Waals surface area contributed by atoms with Gasteiger partial charge in [-0.3, -0.25) is 0 Å². The number of hydrogen-bond donors (Lipinski definition) is 0. The van der Waals surface area contributed by atoms with E-state index in [0.29, 0.717) is 11.5 Å². The molecule has 0 unspecified atom stereocenters. The zero-order valence-electron chi connectivity index (χ0n) is 10.5. The standard InChI is InChI=1S/C16H16FN/c1-12-2-4-13(5-3-12)6-7-14-8-9-15(11-18)16(17)10-14/h8-10,12-13H,2-5H2,1H3. The van der Waals surface area contributed by atoms with Gasteiger partial charge in [0.05, 0.1) is 5.56 Å². The lowest BCUT2D eigenvalue weighted by Crippen LogP contribution is -2.10. The Hall–Kier alpha value is -1.80. The van der Waals surface area contributed by atoms with Crippen LogP contribution in [0.1, 0.15) is 43.7 Å². The van der Waals surface area contributed by atoms with Crippen LogP contribution in [-0.2, 0) is 0 Å². The van der Waals surface area contributed by atoms with Gasteiger partial charge < -0.3 is 0 Å². The summed E-state index contributed by atoms with van der Waals surface area (Å²) in [7, 11) is 0. The second-order valence-corrected chi connectivity index (χ2v) is 5.03. The topological polar surface area (TPSA) is 23.8 Å². The van der Waals surface area contributed by atoms with Crippen LogP contribution in [0.2, 0.25) is 0 Å². The average Bonchev–Trinajstić information content (AvgIpc) is 2.38. The summed E-state index contributed by atoms with van der Waals surface area (Å²) in [5.41, 5.74) is 0.733. The molecule has 1 saturated carbocycles. The van der Waals surface area contributed by atoms with Crippen molar-refractivity contribution < 1.29 is 4.39 Å². The maximum Gasteiger partial charge on any atom is 0.142 e. The third-order valence-corrected chi connectivity index (χ3v) is 3.53. The van der Waals surface area contributed by atoms with E-state index in [2.05, 4.69) is 18.8 Å². The first kappa shape index (κ1) is 12.7. The van der Waals surface area contributed by atoms with Crippen LogP contribution in [-0.4, -0.2) is 0 Å². The zero-order valence-corrected chi connectivity index (χ0v) is 10.5. The lowest BCUT2D eigenvalue weighted by Gasteiger charge is -2.21. The molecule has 1 nitrogen and oxygen atoms in total. The van der Waals surface area contributed by atoms with Crippen LogP contribution < -0.4 is 0 Å². The van der Waals surface area contributed by atoms with E-state index < -0.39 is 5.82 Å². The molecule has 0 heterocycles. The Morgan fingerprint density at radius 2 is 1.94 bits per heavy atom. The van der Waals surface area contributed by atoms with E-state index in [4.69, 9.17) is 5.26 Å². The van der Waals surface area contributed by atoms with E-state index >= 15 is 0 Å². The second-order valence-electron chi connectivity index (χ2n) is 5.03. The third-order valence-electron chi connectivity index (χ3n) is 3.53. The number of hydrogen-bond acceptors (Lipinski definition) is 1. The molecule has 0 spiro atoms. The minimum atomic E-state index is -0.485. The molecule has 92 valence electrons. The highest BCUT2D eigenvalue weighted by Crippen LogP contribution is 2.27. The first-order valence-corrected chi connectivity index (χ1v) is 6.40. The van der Waals surface area contributed by atoms with E-state index in [1.54, 1.807) is 6.07 Å². The molecular formula is C16H16FN. The lowest BCUT2D eigenvalue weighted by molar-refractivity contribution is 0.337. The highest BCUT2D eigenvalue weighted by Gasteiger charge is 2.15. The Balaban J connectivity index is 2.06. The average molecular weight is 241 g/mol. The van der Waals surface area contributed by atoms with Gasteiger partial charge in [-0.1, -0.05) is 18.8 Å². The summed E-state index contributed by atoms with van der Waals surface area (Å²) in [4.78, 5) is 0. The molecule has 0 atom stereocenters. The van der Waals surface area contributed by atoms with Gasteiger partial charge in [-0.05, 0) is 49.8 Å². The zero-order chi connectivity index (χ0) is 13.0. The van der Waals surface area contributed by atoms with Gasteiger partial charge in [0.25, 0.3) is 0 Å². The van der Waals surface area contributed by atoms with Crippen LogP contribution in [0, 0.1) is 40.8 Å². The fourth-order valence-corrected chi connectivity index (χ4v) is 2.27. The predicted molar refractivity (Wildman–Crippen MR) is 69.1 cm³/mol. The van der Waals surface area contributed by atoms with E-state index in [0.717, 1.165) is 18.8 Å². The van der Waals surface area contributed by atoms with Gasteiger partial charge in [-0.25, -0.2) is 4.39 Å². The Bertz CT molecular complexity index is 522. The van der Waals surface area contributed by atoms with Gasteiger partial charge in [0.1, 0.15) is 11.9 Å². The van der Waals surface area contributed by atoms with Crippen molar-refractivity contribution in [1.29, 1.82) is 5.26 Å². The summed E-state index contributed by atoms with van der Waals surface area (Å²) >= 11 is 0.